The maximum atomic E-state index is 13.4. The van der Waals surface area contributed by atoms with Crippen LogP contribution in [0.3, 0.4) is 0 Å². The molecular formula is C31H50N8O9. The van der Waals surface area contributed by atoms with Gasteiger partial charge in [0, 0.05) is 25.3 Å². The molecule has 268 valence electrons. The number of rotatable bonds is 23. The lowest BCUT2D eigenvalue weighted by Gasteiger charge is -2.26. The van der Waals surface area contributed by atoms with E-state index in [-0.39, 0.29) is 37.5 Å². The molecule has 17 heteroatoms. The third-order valence-electron chi connectivity index (χ3n) is 7.52. The third kappa shape index (κ3) is 15.7. The average Bonchev–Trinajstić information content (AvgIpc) is 3.00. The summed E-state index contributed by atoms with van der Waals surface area (Å²) in [7, 11) is 0. The smallest absolute Gasteiger partial charge is 0.326 e. The Morgan fingerprint density at radius 2 is 1.40 bits per heavy atom. The van der Waals surface area contributed by atoms with E-state index < -0.39 is 84.3 Å². The molecular weight excluding hydrogens is 628 g/mol. The van der Waals surface area contributed by atoms with Crippen LogP contribution in [0, 0.1) is 11.8 Å². The standard InChI is InChI=1S/C31H50N8O9/c1-17(2)20(27(44)39-24(30(47)48)14-18-8-10-19(40)11-9-18)15-25(41)23(16-26(42)43)38-29(46)22(7-3-4-12-32)37-28(45)21(33)6-5-13-36-31(34)35/h8-11,17,20-24,40H,3-7,12-16,32-33H2,1-2H3,(H,37,45)(H,38,46)(H,39,44)(H,42,43)(H,47,48)(H4,34,35,36)/t20-,21+,22+,23+,24+/m1/s1. The van der Waals surface area contributed by atoms with Gasteiger partial charge in [0.05, 0.1) is 18.5 Å². The van der Waals surface area contributed by atoms with E-state index in [9.17, 15) is 44.1 Å². The first-order valence-electron chi connectivity index (χ1n) is 15.7. The highest BCUT2D eigenvalue weighted by atomic mass is 16.4. The zero-order valence-corrected chi connectivity index (χ0v) is 27.4. The van der Waals surface area contributed by atoms with E-state index in [1.54, 1.807) is 13.8 Å². The second-order valence-corrected chi connectivity index (χ2v) is 11.9. The maximum absolute atomic E-state index is 13.4. The van der Waals surface area contributed by atoms with E-state index in [0.717, 1.165) is 0 Å². The number of hydrogen-bond acceptors (Lipinski definition) is 10. The molecule has 14 N–H and O–H groups in total. The molecule has 5 atom stereocenters. The lowest BCUT2D eigenvalue weighted by molar-refractivity contribution is -0.144. The molecule has 0 aliphatic rings. The summed E-state index contributed by atoms with van der Waals surface area (Å²) >= 11 is 0. The van der Waals surface area contributed by atoms with Gasteiger partial charge in [-0.25, -0.2) is 4.79 Å². The minimum atomic E-state index is -1.56. The minimum absolute atomic E-state index is 0.0140. The van der Waals surface area contributed by atoms with Crippen molar-refractivity contribution < 1.29 is 44.1 Å². The van der Waals surface area contributed by atoms with E-state index in [2.05, 4.69) is 20.9 Å². The highest BCUT2D eigenvalue weighted by Crippen LogP contribution is 2.19. The fourth-order valence-corrected chi connectivity index (χ4v) is 4.72. The molecule has 1 aromatic rings. The van der Waals surface area contributed by atoms with Gasteiger partial charge in [-0.1, -0.05) is 26.0 Å². The molecule has 48 heavy (non-hydrogen) atoms. The predicted octanol–water partition coefficient (Wildman–Crippen LogP) is -1.31. The molecule has 0 aliphatic heterocycles. The maximum Gasteiger partial charge on any atom is 0.326 e. The van der Waals surface area contributed by atoms with Crippen molar-refractivity contribution in [1.29, 1.82) is 0 Å². The highest BCUT2D eigenvalue weighted by Gasteiger charge is 2.34. The molecule has 0 saturated carbocycles. The fourth-order valence-electron chi connectivity index (χ4n) is 4.72. The lowest BCUT2D eigenvalue weighted by atomic mass is 9.87. The van der Waals surface area contributed by atoms with Gasteiger partial charge in [0.1, 0.15) is 17.8 Å². The summed E-state index contributed by atoms with van der Waals surface area (Å²) in [6.45, 7) is 3.85. The van der Waals surface area contributed by atoms with E-state index in [0.29, 0.717) is 31.4 Å². The Kier molecular flexibility index (Phi) is 18.2. The quantitative estimate of drug-likeness (QED) is 0.0366. The van der Waals surface area contributed by atoms with E-state index >= 15 is 0 Å². The van der Waals surface area contributed by atoms with E-state index in [1.165, 1.54) is 24.3 Å². The van der Waals surface area contributed by atoms with Gasteiger partial charge in [0.2, 0.25) is 17.7 Å². The van der Waals surface area contributed by atoms with Crippen LogP contribution in [-0.2, 0) is 35.2 Å². The molecule has 0 aliphatic carbocycles. The number of carboxylic acid groups (broad SMARTS) is 2. The zero-order valence-electron chi connectivity index (χ0n) is 27.4. The Bertz CT molecular complexity index is 1270. The van der Waals surface area contributed by atoms with Crippen molar-refractivity contribution in [3.8, 4) is 5.75 Å². The van der Waals surface area contributed by atoms with Crippen molar-refractivity contribution in [3.63, 3.8) is 0 Å². The van der Waals surface area contributed by atoms with Crippen molar-refractivity contribution in [3.05, 3.63) is 29.8 Å². The van der Waals surface area contributed by atoms with Gasteiger partial charge in [-0.15, -0.1) is 0 Å². The Morgan fingerprint density at radius 1 is 0.792 bits per heavy atom. The fraction of sp³-hybridized carbons (Fsp3) is 0.581. The number of hydrogen-bond donors (Lipinski definition) is 10. The third-order valence-corrected chi connectivity index (χ3v) is 7.52. The number of carbonyl (C=O) groups is 6. The summed E-state index contributed by atoms with van der Waals surface area (Å²) in [4.78, 5) is 80.3. The van der Waals surface area contributed by atoms with Crippen molar-refractivity contribution in [1.82, 2.24) is 16.0 Å². The molecule has 0 saturated heterocycles. The number of carboxylic acids is 2. The number of unbranched alkanes of at least 4 members (excludes halogenated alkanes) is 1. The zero-order chi connectivity index (χ0) is 36.4. The molecule has 0 unspecified atom stereocenters. The van der Waals surface area contributed by atoms with Crippen LogP contribution >= 0.6 is 0 Å². The van der Waals surface area contributed by atoms with Crippen molar-refractivity contribution in [2.75, 3.05) is 13.1 Å². The number of guanidine groups is 1. The van der Waals surface area contributed by atoms with Crippen LogP contribution in [-0.4, -0.2) is 94.0 Å². The predicted molar refractivity (Wildman–Crippen MR) is 176 cm³/mol. The van der Waals surface area contributed by atoms with E-state index in [1.807, 2.05) is 0 Å². The van der Waals surface area contributed by atoms with Crippen molar-refractivity contribution in [2.45, 2.75) is 89.4 Å². The second kappa shape index (κ2) is 21.2. The first-order chi connectivity index (χ1) is 22.5. The van der Waals surface area contributed by atoms with Gasteiger partial charge >= 0.3 is 11.9 Å². The average molecular weight is 679 g/mol. The molecule has 0 aromatic heterocycles. The number of Topliss-reactive ketones (excluding diaryl/α,β-unsaturated/α-hetero) is 1. The molecule has 0 heterocycles. The van der Waals surface area contributed by atoms with Gasteiger partial charge < -0.3 is 54.2 Å². The lowest BCUT2D eigenvalue weighted by Crippen LogP contribution is -2.55. The SMILES string of the molecule is CC(C)[C@@H](CC(=O)[C@H](CC(=O)O)NC(=O)[C@H](CCCCN)NC(=O)[C@@H](N)CCCN=C(N)N)C(=O)N[C@@H](Cc1ccc(O)cc1)C(=O)O. The number of benzene rings is 1. The summed E-state index contributed by atoms with van der Waals surface area (Å²) in [6.07, 6.45) is 0.263. The van der Waals surface area contributed by atoms with Gasteiger partial charge in [-0.3, -0.25) is 29.0 Å². The highest BCUT2D eigenvalue weighted by molar-refractivity contribution is 5.97. The normalized spacial score (nSPS) is 14.1. The summed E-state index contributed by atoms with van der Waals surface area (Å²) < 4.78 is 0. The molecule has 1 rings (SSSR count). The number of ketones is 1. The van der Waals surface area contributed by atoms with Crippen LogP contribution in [0.15, 0.2) is 29.3 Å². The Labute approximate surface area is 279 Å². The summed E-state index contributed by atoms with van der Waals surface area (Å²) in [5.74, 6) is -7.37. The number of phenols is 1. The van der Waals surface area contributed by atoms with Crippen molar-refractivity contribution in [2.24, 2.45) is 39.8 Å². The molecule has 17 nitrogen and oxygen atoms in total. The number of carbonyl (C=O) groups excluding carboxylic acids is 4. The molecule has 3 amide bonds. The number of nitrogens with two attached hydrogens (primary N) is 4. The molecule has 0 radical (unpaired) electrons. The number of nitrogens with one attached hydrogen (secondary N) is 3. The monoisotopic (exact) mass is 678 g/mol. The van der Waals surface area contributed by atoms with Crippen molar-refractivity contribution >= 4 is 41.4 Å². The number of nitrogens with zero attached hydrogens (tertiary/aromatic N) is 1. The summed E-state index contributed by atoms with van der Waals surface area (Å²) in [6, 6.07) is 0.683. The van der Waals surface area contributed by atoms with Gasteiger partial charge in [-0.2, -0.15) is 0 Å². The summed E-state index contributed by atoms with van der Waals surface area (Å²) in [5, 5.41) is 36.1. The molecule has 0 bridgehead atoms. The number of aliphatic imine (C=N–C) groups is 1. The topological polar surface area (TPSA) is 316 Å². The minimum Gasteiger partial charge on any atom is -0.508 e. The second-order valence-electron chi connectivity index (χ2n) is 11.9. The van der Waals surface area contributed by atoms with Crippen LogP contribution in [0.4, 0.5) is 0 Å². The van der Waals surface area contributed by atoms with Crippen LogP contribution < -0.4 is 38.9 Å². The molecule has 0 fully saturated rings. The van der Waals surface area contributed by atoms with Gasteiger partial charge in [-0.05, 0) is 62.3 Å². The summed E-state index contributed by atoms with van der Waals surface area (Å²) in [5.41, 5.74) is 22.7. The van der Waals surface area contributed by atoms with Crippen LogP contribution in [0.5, 0.6) is 5.75 Å². The Hall–Kier alpha value is -4.77. The Morgan fingerprint density at radius 3 is 1.94 bits per heavy atom. The molecule has 1 aromatic carbocycles. The Balaban J connectivity index is 3.07. The van der Waals surface area contributed by atoms with Crippen LogP contribution in [0.1, 0.15) is 64.4 Å². The van der Waals surface area contributed by atoms with E-state index in [4.69, 9.17) is 22.9 Å². The van der Waals surface area contributed by atoms with Gasteiger partial charge in [0.15, 0.2) is 11.7 Å². The van der Waals surface area contributed by atoms with Crippen LogP contribution in [0.25, 0.3) is 0 Å². The largest absolute Gasteiger partial charge is 0.508 e. The first-order valence-corrected chi connectivity index (χ1v) is 15.7. The van der Waals surface area contributed by atoms with Crippen LogP contribution in [0.2, 0.25) is 0 Å². The number of aromatic hydroxyl groups is 1. The first kappa shape index (κ1) is 41.3. The molecule has 0 spiro atoms. The number of phenolic OH excluding ortho intramolecular Hbond substituents is 1. The number of aliphatic carboxylic acids is 2. The number of amides is 3. The van der Waals surface area contributed by atoms with Gasteiger partial charge in [0.25, 0.3) is 0 Å².